The number of hydrogen-bond donors (Lipinski definition) is 1. The number of carbonyl (C=O) groups is 2. The van der Waals surface area contributed by atoms with E-state index in [4.69, 9.17) is 4.74 Å². The van der Waals surface area contributed by atoms with Gasteiger partial charge >= 0.3 is 12.1 Å². The number of likely N-dealkylation sites (tertiary alicyclic amines) is 1. The summed E-state index contributed by atoms with van der Waals surface area (Å²) in [5.74, 6) is -1.60. The Kier molecular flexibility index (Phi) is 7.81. The van der Waals surface area contributed by atoms with Crippen molar-refractivity contribution in [3.8, 4) is 0 Å². The molecule has 0 aromatic heterocycles. The van der Waals surface area contributed by atoms with Gasteiger partial charge in [0.1, 0.15) is 11.4 Å². The first-order chi connectivity index (χ1) is 13.9. The Morgan fingerprint density at radius 1 is 1.23 bits per heavy atom. The Morgan fingerprint density at radius 3 is 2.40 bits per heavy atom. The van der Waals surface area contributed by atoms with Gasteiger partial charge in [-0.25, -0.2) is 27.1 Å². The molecule has 0 unspecified atom stereocenters. The van der Waals surface area contributed by atoms with Crippen LogP contribution < -0.4 is 4.72 Å². The summed E-state index contributed by atoms with van der Waals surface area (Å²) < 4.78 is 51.4. The number of piperidine rings is 1. The van der Waals surface area contributed by atoms with Crippen molar-refractivity contribution in [3.05, 3.63) is 35.1 Å². The van der Waals surface area contributed by atoms with Gasteiger partial charge in [-0.2, -0.15) is 0 Å². The molecule has 0 radical (unpaired) electrons. The Bertz CT molecular complexity index is 874. The number of rotatable bonds is 6. The van der Waals surface area contributed by atoms with Crippen LogP contribution in [0.2, 0.25) is 0 Å². The van der Waals surface area contributed by atoms with Crippen LogP contribution >= 0.6 is 0 Å². The number of aryl methyl sites for hydroxylation is 1. The molecule has 1 aliphatic rings. The maximum atomic E-state index is 14.1. The predicted molar refractivity (Wildman–Crippen MR) is 109 cm³/mol. The number of amides is 1. The van der Waals surface area contributed by atoms with Crippen LogP contribution in [0.15, 0.2) is 18.2 Å². The van der Waals surface area contributed by atoms with Crippen LogP contribution in [0.3, 0.4) is 0 Å². The van der Waals surface area contributed by atoms with E-state index in [1.165, 1.54) is 19.2 Å². The van der Waals surface area contributed by atoms with Gasteiger partial charge in [-0.3, -0.25) is 0 Å². The average Bonchev–Trinajstić information content (AvgIpc) is 2.65. The molecule has 0 atom stereocenters. The lowest BCUT2D eigenvalue weighted by Crippen LogP contribution is -2.48. The Hall–Kier alpha value is -2.20. The van der Waals surface area contributed by atoms with Crippen molar-refractivity contribution in [1.29, 1.82) is 0 Å². The maximum absolute atomic E-state index is 14.1. The molecule has 0 aliphatic carbocycles. The average molecular weight is 445 g/mol. The summed E-state index contributed by atoms with van der Waals surface area (Å²) >= 11 is 0. The summed E-state index contributed by atoms with van der Waals surface area (Å²) in [6.07, 6.45) is 0.510. The van der Waals surface area contributed by atoms with E-state index < -0.39 is 33.5 Å². The van der Waals surface area contributed by atoms with Gasteiger partial charge in [0.05, 0.1) is 18.4 Å². The van der Waals surface area contributed by atoms with Gasteiger partial charge in [0.15, 0.2) is 0 Å². The van der Waals surface area contributed by atoms with E-state index in [0.717, 1.165) is 6.07 Å². The Balaban J connectivity index is 1.85. The minimum Gasteiger partial charge on any atom is -0.465 e. The molecular formula is C20H29FN2O6S. The molecule has 1 aromatic rings. The monoisotopic (exact) mass is 444 g/mol. The number of methoxy groups -OCH3 is 1. The van der Waals surface area contributed by atoms with Gasteiger partial charge < -0.3 is 14.4 Å². The van der Waals surface area contributed by atoms with Gasteiger partial charge in [-0.05, 0) is 57.7 Å². The molecule has 8 nitrogen and oxygen atoms in total. The summed E-state index contributed by atoms with van der Waals surface area (Å²) in [6, 6.07) is 3.53. The topological polar surface area (TPSA) is 102 Å². The number of esters is 1. The zero-order valence-electron chi connectivity index (χ0n) is 17.7. The van der Waals surface area contributed by atoms with Crippen LogP contribution in [0.1, 0.15) is 49.5 Å². The summed E-state index contributed by atoms with van der Waals surface area (Å²) in [7, 11) is -2.44. The molecule has 30 heavy (non-hydrogen) atoms. The van der Waals surface area contributed by atoms with Gasteiger partial charge in [0.2, 0.25) is 10.0 Å². The van der Waals surface area contributed by atoms with Crippen molar-refractivity contribution in [3.63, 3.8) is 0 Å². The number of halogens is 1. The lowest BCUT2D eigenvalue weighted by molar-refractivity contribution is 0.0203. The SMILES string of the molecule is COC(=O)c1ccc(CCS(=O)(=O)NC2CCN(C(=O)OC(C)(C)C)CC2)c(F)c1. The summed E-state index contributed by atoms with van der Waals surface area (Å²) in [5.41, 5.74) is -0.316. The minimum atomic E-state index is -3.64. The number of benzene rings is 1. The van der Waals surface area contributed by atoms with Crippen molar-refractivity contribution >= 4 is 22.1 Å². The van der Waals surface area contributed by atoms with E-state index in [0.29, 0.717) is 25.9 Å². The third-order valence-corrected chi connectivity index (χ3v) is 6.04. The highest BCUT2D eigenvalue weighted by molar-refractivity contribution is 7.89. The fourth-order valence-corrected chi connectivity index (χ4v) is 4.41. The van der Waals surface area contributed by atoms with E-state index in [2.05, 4.69) is 9.46 Å². The van der Waals surface area contributed by atoms with Crippen LogP contribution in [-0.2, 0) is 25.9 Å². The lowest BCUT2D eigenvalue weighted by Gasteiger charge is -2.33. The second kappa shape index (κ2) is 9.74. The number of sulfonamides is 1. The summed E-state index contributed by atoms with van der Waals surface area (Å²) in [6.45, 7) is 6.16. The molecular weight excluding hydrogens is 415 g/mol. The predicted octanol–water partition coefficient (Wildman–Crippen LogP) is 2.47. The van der Waals surface area contributed by atoms with E-state index in [1.54, 1.807) is 25.7 Å². The van der Waals surface area contributed by atoms with Crippen LogP contribution in [-0.4, -0.2) is 63.0 Å². The molecule has 1 heterocycles. The molecule has 0 bridgehead atoms. The first-order valence-corrected chi connectivity index (χ1v) is 11.4. The molecule has 0 saturated carbocycles. The molecule has 1 aromatic carbocycles. The quantitative estimate of drug-likeness (QED) is 0.677. The highest BCUT2D eigenvalue weighted by atomic mass is 32.2. The normalized spacial score (nSPS) is 15.7. The van der Waals surface area contributed by atoms with E-state index in [9.17, 15) is 22.4 Å². The van der Waals surface area contributed by atoms with Crippen molar-refractivity contribution in [1.82, 2.24) is 9.62 Å². The molecule has 168 valence electrons. The van der Waals surface area contributed by atoms with Gasteiger partial charge in [0, 0.05) is 19.1 Å². The molecule has 0 spiro atoms. The molecule has 2 rings (SSSR count). The van der Waals surface area contributed by atoms with Gasteiger partial charge in [-0.15, -0.1) is 0 Å². The van der Waals surface area contributed by atoms with E-state index in [1.807, 2.05) is 0 Å². The zero-order valence-corrected chi connectivity index (χ0v) is 18.6. The molecule has 1 amide bonds. The van der Waals surface area contributed by atoms with Crippen LogP contribution in [0.5, 0.6) is 0 Å². The van der Waals surface area contributed by atoms with Crippen LogP contribution in [0.25, 0.3) is 0 Å². The van der Waals surface area contributed by atoms with Crippen molar-refractivity contribution in [2.75, 3.05) is 26.0 Å². The summed E-state index contributed by atoms with van der Waals surface area (Å²) in [4.78, 5) is 25.1. The number of nitrogens with zero attached hydrogens (tertiary/aromatic N) is 1. The van der Waals surface area contributed by atoms with E-state index in [-0.39, 0.29) is 29.3 Å². The molecule has 1 aliphatic heterocycles. The van der Waals surface area contributed by atoms with Crippen LogP contribution in [0.4, 0.5) is 9.18 Å². The van der Waals surface area contributed by atoms with Crippen molar-refractivity contribution in [2.45, 2.75) is 51.7 Å². The molecule has 1 fully saturated rings. The highest BCUT2D eigenvalue weighted by Gasteiger charge is 2.28. The number of ether oxygens (including phenoxy) is 2. The minimum absolute atomic E-state index is 0.0284. The largest absolute Gasteiger partial charge is 0.465 e. The number of nitrogens with one attached hydrogen (secondary N) is 1. The second-order valence-electron chi connectivity index (χ2n) is 8.23. The third-order valence-electron chi connectivity index (χ3n) is 4.61. The molecule has 1 saturated heterocycles. The molecule has 10 heteroatoms. The number of carbonyl (C=O) groups excluding carboxylic acids is 2. The van der Waals surface area contributed by atoms with E-state index >= 15 is 0 Å². The Morgan fingerprint density at radius 2 is 1.87 bits per heavy atom. The van der Waals surface area contributed by atoms with Crippen LogP contribution in [0, 0.1) is 5.82 Å². The summed E-state index contributed by atoms with van der Waals surface area (Å²) in [5, 5.41) is 0. The fourth-order valence-electron chi connectivity index (χ4n) is 3.06. The standard InChI is InChI=1S/C20H29FN2O6S/c1-20(2,3)29-19(25)23-10-7-16(8-11-23)22-30(26,27)12-9-14-5-6-15(13-17(14)21)18(24)28-4/h5-6,13,16,22H,7-12H2,1-4H3. The molecule has 1 N–H and O–H groups in total. The highest BCUT2D eigenvalue weighted by Crippen LogP contribution is 2.17. The first kappa shape index (κ1) is 24.1. The number of hydrogen-bond acceptors (Lipinski definition) is 6. The zero-order chi connectivity index (χ0) is 22.5. The maximum Gasteiger partial charge on any atom is 0.410 e. The first-order valence-electron chi connectivity index (χ1n) is 9.75. The van der Waals surface area contributed by atoms with Crippen molar-refractivity contribution < 1.29 is 31.9 Å². The van der Waals surface area contributed by atoms with Gasteiger partial charge in [0.25, 0.3) is 0 Å². The second-order valence-corrected chi connectivity index (χ2v) is 10.1. The fraction of sp³-hybridized carbons (Fsp3) is 0.600. The lowest BCUT2D eigenvalue weighted by atomic mass is 10.1. The van der Waals surface area contributed by atoms with Gasteiger partial charge in [-0.1, -0.05) is 6.07 Å². The smallest absolute Gasteiger partial charge is 0.410 e. The Labute approximate surface area is 176 Å². The third kappa shape index (κ3) is 7.24. The van der Waals surface area contributed by atoms with Crippen molar-refractivity contribution in [2.24, 2.45) is 0 Å².